The molecule has 1 rings (SSSR count). The molecule has 0 saturated heterocycles. The van der Waals surface area contributed by atoms with Crippen LogP contribution in [0.3, 0.4) is 0 Å². The van der Waals surface area contributed by atoms with Crippen LogP contribution in [0, 0.1) is 0 Å². The number of hydrogen-bond acceptors (Lipinski definition) is 3. The summed E-state index contributed by atoms with van der Waals surface area (Å²) in [6, 6.07) is 1.51. The summed E-state index contributed by atoms with van der Waals surface area (Å²) in [6.45, 7) is 0.390. The standard InChI is InChI=1S/C9H12BrClN2O2S/c10-8-5-9(7-12-6-8)16(14,15)13-4-2-1-3-11/h5-7,13H,1-4H2. The molecular weight excluding hydrogens is 316 g/mol. The van der Waals surface area contributed by atoms with Crippen LogP contribution in [0.15, 0.2) is 27.8 Å². The molecule has 0 aliphatic carbocycles. The molecule has 0 bridgehead atoms. The van der Waals surface area contributed by atoms with Gasteiger partial charge in [-0.2, -0.15) is 0 Å². The number of hydrogen-bond donors (Lipinski definition) is 1. The Balaban J connectivity index is 2.64. The van der Waals surface area contributed by atoms with Crippen molar-refractivity contribution in [3.05, 3.63) is 22.9 Å². The van der Waals surface area contributed by atoms with Crippen LogP contribution in [0.4, 0.5) is 0 Å². The number of nitrogens with zero attached hydrogens (tertiary/aromatic N) is 1. The largest absolute Gasteiger partial charge is 0.262 e. The van der Waals surface area contributed by atoms with E-state index in [1.54, 1.807) is 0 Å². The maximum absolute atomic E-state index is 11.7. The van der Waals surface area contributed by atoms with Crippen LogP contribution in [0.25, 0.3) is 0 Å². The summed E-state index contributed by atoms with van der Waals surface area (Å²) >= 11 is 8.67. The van der Waals surface area contributed by atoms with Crippen molar-refractivity contribution in [2.75, 3.05) is 12.4 Å². The normalized spacial score (nSPS) is 11.6. The Kier molecular flexibility index (Phi) is 5.68. The molecular formula is C9H12BrClN2O2S. The minimum absolute atomic E-state index is 0.160. The summed E-state index contributed by atoms with van der Waals surface area (Å²) in [4.78, 5) is 3.97. The van der Waals surface area contributed by atoms with Gasteiger partial charge >= 0.3 is 0 Å². The molecule has 0 aromatic carbocycles. The first-order valence-electron chi connectivity index (χ1n) is 4.72. The van der Waals surface area contributed by atoms with Crippen molar-refractivity contribution in [3.8, 4) is 0 Å². The highest BCUT2D eigenvalue weighted by atomic mass is 79.9. The Morgan fingerprint density at radius 3 is 2.75 bits per heavy atom. The van der Waals surface area contributed by atoms with Crippen molar-refractivity contribution < 1.29 is 8.42 Å². The van der Waals surface area contributed by atoms with Crippen LogP contribution in [0.1, 0.15) is 12.8 Å². The van der Waals surface area contributed by atoms with Gasteiger partial charge in [-0.15, -0.1) is 11.6 Å². The lowest BCUT2D eigenvalue weighted by Crippen LogP contribution is -2.25. The second kappa shape index (κ2) is 6.54. The predicted molar refractivity (Wildman–Crippen MR) is 67.1 cm³/mol. The lowest BCUT2D eigenvalue weighted by Gasteiger charge is -2.05. The van der Waals surface area contributed by atoms with E-state index in [-0.39, 0.29) is 4.90 Å². The molecule has 0 saturated carbocycles. The van der Waals surface area contributed by atoms with Gasteiger partial charge in [-0.25, -0.2) is 13.1 Å². The zero-order valence-electron chi connectivity index (χ0n) is 8.49. The van der Waals surface area contributed by atoms with Crippen molar-refractivity contribution >= 4 is 37.6 Å². The maximum Gasteiger partial charge on any atom is 0.242 e. The van der Waals surface area contributed by atoms with Gasteiger partial charge in [0.15, 0.2) is 0 Å². The summed E-state index contributed by atoms with van der Waals surface area (Å²) in [5.74, 6) is 0.542. The number of pyridine rings is 1. The van der Waals surface area contributed by atoms with Gasteiger partial charge in [0.2, 0.25) is 10.0 Å². The topological polar surface area (TPSA) is 59.1 Å². The van der Waals surface area contributed by atoms with Gasteiger partial charge < -0.3 is 0 Å². The quantitative estimate of drug-likeness (QED) is 0.643. The smallest absolute Gasteiger partial charge is 0.242 e. The summed E-state index contributed by atoms with van der Waals surface area (Å²) in [7, 11) is -3.45. The number of rotatable bonds is 6. The Bertz CT molecular complexity index is 439. The van der Waals surface area contributed by atoms with Gasteiger partial charge in [0.25, 0.3) is 0 Å². The molecule has 0 amide bonds. The summed E-state index contributed by atoms with van der Waals surface area (Å²) in [5.41, 5.74) is 0. The Morgan fingerprint density at radius 2 is 2.12 bits per heavy atom. The number of nitrogens with one attached hydrogen (secondary N) is 1. The molecule has 1 N–H and O–H groups in total. The van der Waals surface area contributed by atoms with Gasteiger partial charge in [-0.1, -0.05) is 0 Å². The zero-order valence-corrected chi connectivity index (χ0v) is 11.6. The molecule has 0 aliphatic heterocycles. The monoisotopic (exact) mass is 326 g/mol. The second-order valence-corrected chi connectivity index (χ2v) is 6.19. The minimum atomic E-state index is -3.45. The SMILES string of the molecule is O=S(=O)(NCCCCCl)c1cncc(Br)c1. The third kappa shape index (κ3) is 4.37. The van der Waals surface area contributed by atoms with E-state index in [1.807, 2.05) is 0 Å². The fraction of sp³-hybridized carbons (Fsp3) is 0.444. The fourth-order valence-corrected chi connectivity index (χ4v) is 2.82. The first-order valence-corrected chi connectivity index (χ1v) is 7.53. The number of sulfonamides is 1. The molecule has 1 heterocycles. The van der Waals surface area contributed by atoms with Crippen LogP contribution in [-0.4, -0.2) is 25.8 Å². The van der Waals surface area contributed by atoms with Gasteiger partial charge in [0.1, 0.15) is 4.90 Å². The molecule has 1 aromatic heterocycles. The molecule has 7 heteroatoms. The van der Waals surface area contributed by atoms with Gasteiger partial charge in [0, 0.05) is 29.3 Å². The van der Waals surface area contributed by atoms with E-state index < -0.39 is 10.0 Å². The minimum Gasteiger partial charge on any atom is -0.262 e. The van der Waals surface area contributed by atoms with Crippen LogP contribution in [0.2, 0.25) is 0 Å². The van der Waals surface area contributed by atoms with Crippen LogP contribution in [-0.2, 0) is 10.0 Å². The van der Waals surface area contributed by atoms with E-state index in [2.05, 4.69) is 25.6 Å². The van der Waals surface area contributed by atoms with Crippen molar-refractivity contribution in [1.29, 1.82) is 0 Å². The average molecular weight is 328 g/mol. The predicted octanol–water partition coefficient (Wildman–Crippen LogP) is 2.14. The van der Waals surface area contributed by atoms with E-state index in [9.17, 15) is 8.42 Å². The highest BCUT2D eigenvalue weighted by Gasteiger charge is 2.13. The number of alkyl halides is 1. The zero-order chi connectivity index (χ0) is 12.0. The van der Waals surface area contributed by atoms with E-state index in [0.29, 0.717) is 16.9 Å². The lowest BCUT2D eigenvalue weighted by atomic mass is 10.3. The summed E-state index contributed by atoms with van der Waals surface area (Å²) in [5, 5.41) is 0. The van der Waals surface area contributed by atoms with Crippen LogP contribution >= 0.6 is 27.5 Å². The van der Waals surface area contributed by atoms with Gasteiger partial charge in [-0.3, -0.25) is 4.98 Å². The summed E-state index contributed by atoms with van der Waals surface area (Å²) in [6.07, 6.45) is 4.37. The van der Waals surface area contributed by atoms with Crippen molar-refractivity contribution in [3.63, 3.8) is 0 Å². The van der Waals surface area contributed by atoms with Crippen molar-refractivity contribution in [2.24, 2.45) is 0 Å². The highest BCUT2D eigenvalue weighted by Crippen LogP contribution is 2.13. The van der Waals surface area contributed by atoms with Crippen molar-refractivity contribution in [2.45, 2.75) is 17.7 Å². The molecule has 90 valence electrons. The Hall–Kier alpha value is -0.170. The lowest BCUT2D eigenvalue weighted by molar-refractivity contribution is 0.578. The van der Waals surface area contributed by atoms with Crippen molar-refractivity contribution in [1.82, 2.24) is 9.71 Å². The number of aromatic nitrogens is 1. The molecule has 0 aliphatic rings. The van der Waals surface area contributed by atoms with E-state index in [0.717, 1.165) is 12.8 Å². The summed E-state index contributed by atoms with van der Waals surface area (Å²) < 4.78 is 26.6. The average Bonchev–Trinajstić information content (AvgIpc) is 2.24. The first-order chi connectivity index (χ1) is 7.56. The Labute approximate surface area is 109 Å². The molecule has 1 aromatic rings. The van der Waals surface area contributed by atoms with Gasteiger partial charge in [-0.05, 0) is 34.8 Å². The maximum atomic E-state index is 11.7. The van der Waals surface area contributed by atoms with E-state index in [4.69, 9.17) is 11.6 Å². The Morgan fingerprint density at radius 1 is 1.38 bits per heavy atom. The second-order valence-electron chi connectivity index (χ2n) is 3.13. The molecule has 0 atom stereocenters. The molecule has 16 heavy (non-hydrogen) atoms. The van der Waals surface area contributed by atoms with Crippen LogP contribution < -0.4 is 4.72 Å². The van der Waals surface area contributed by atoms with Gasteiger partial charge in [0.05, 0.1) is 0 Å². The highest BCUT2D eigenvalue weighted by molar-refractivity contribution is 9.10. The van der Waals surface area contributed by atoms with E-state index in [1.165, 1.54) is 18.5 Å². The first kappa shape index (κ1) is 13.9. The van der Waals surface area contributed by atoms with E-state index >= 15 is 0 Å². The number of unbranched alkanes of at least 4 members (excludes halogenated alkanes) is 1. The number of halogens is 2. The molecule has 0 unspecified atom stereocenters. The fourth-order valence-electron chi connectivity index (χ4n) is 1.05. The molecule has 0 radical (unpaired) electrons. The molecule has 0 fully saturated rings. The molecule has 0 spiro atoms. The van der Waals surface area contributed by atoms with Crippen LogP contribution in [0.5, 0.6) is 0 Å². The third-order valence-electron chi connectivity index (χ3n) is 1.84. The third-order valence-corrected chi connectivity index (χ3v) is 3.97. The molecule has 4 nitrogen and oxygen atoms in total.